The first-order chi connectivity index (χ1) is 14.5. The van der Waals surface area contributed by atoms with Crippen molar-refractivity contribution in [2.45, 2.75) is 76.3 Å². The van der Waals surface area contributed by atoms with Crippen molar-refractivity contribution in [2.75, 3.05) is 0 Å². The number of nitrogens with two attached hydrogens (primary N) is 2. The minimum absolute atomic E-state index is 0.108. The predicted molar refractivity (Wildman–Crippen MR) is 118 cm³/mol. The molecule has 0 saturated heterocycles. The summed E-state index contributed by atoms with van der Waals surface area (Å²) in [5.74, 6) is 12.0. The summed E-state index contributed by atoms with van der Waals surface area (Å²) >= 11 is 0. The van der Waals surface area contributed by atoms with Gasteiger partial charge >= 0.3 is 0 Å². The second-order valence-corrected chi connectivity index (χ2v) is 8.79. The molecule has 6 nitrogen and oxygen atoms in total. The summed E-state index contributed by atoms with van der Waals surface area (Å²) in [6.45, 7) is 0. The summed E-state index contributed by atoms with van der Waals surface area (Å²) in [6.07, 6.45) is 10.7. The van der Waals surface area contributed by atoms with Crippen LogP contribution in [0.5, 0.6) is 0 Å². The van der Waals surface area contributed by atoms with E-state index in [-0.39, 0.29) is 23.9 Å². The van der Waals surface area contributed by atoms with Crippen molar-refractivity contribution in [1.29, 1.82) is 0 Å². The molecule has 0 atom stereocenters. The molecule has 2 saturated carbocycles. The Hall–Kier alpha value is -2.44. The number of nitrogens with zero attached hydrogens (tertiary/aromatic N) is 2. The maximum absolute atomic E-state index is 12.9. The van der Waals surface area contributed by atoms with E-state index in [0.717, 1.165) is 62.1 Å². The van der Waals surface area contributed by atoms with Crippen molar-refractivity contribution >= 4 is 22.6 Å². The number of hydrogen-bond acceptors (Lipinski definition) is 4. The maximum Gasteiger partial charge on any atom is 0.268 e. The van der Waals surface area contributed by atoms with Crippen LogP contribution >= 0.6 is 0 Å². The van der Waals surface area contributed by atoms with Crippen LogP contribution in [0.3, 0.4) is 0 Å². The Balaban J connectivity index is 1.54. The third-order valence-electron chi connectivity index (χ3n) is 6.74. The standard InChI is InChI=1S/C24H32N4O2/c25-27(21-7-3-1-4-8-21)23(29)18-13-11-17-12-14-19(16-20(17)15-18)24(30)28(26)22-9-5-2-6-10-22/h11-16,21-22H,1-10,25-26H2. The van der Waals surface area contributed by atoms with Gasteiger partial charge in [0.05, 0.1) is 0 Å². The zero-order valence-corrected chi connectivity index (χ0v) is 17.6. The van der Waals surface area contributed by atoms with Gasteiger partial charge in [-0.25, -0.2) is 11.7 Å². The van der Waals surface area contributed by atoms with Crippen LogP contribution in [0.1, 0.15) is 84.9 Å². The molecular formula is C24H32N4O2. The van der Waals surface area contributed by atoms with Gasteiger partial charge in [-0.1, -0.05) is 50.7 Å². The lowest BCUT2D eigenvalue weighted by atomic mass is 9.94. The minimum Gasteiger partial charge on any atom is -0.274 e. The molecule has 0 bridgehead atoms. The number of hydrazine groups is 2. The van der Waals surface area contributed by atoms with Crippen molar-refractivity contribution < 1.29 is 9.59 Å². The number of fused-ring (bicyclic) bond motifs is 1. The molecule has 30 heavy (non-hydrogen) atoms. The third-order valence-corrected chi connectivity index (χ3v) is 6.74. The molecule has 160 valence electrons. The van der Waals surface area contributed by atoms with E-state index in [1.807, 2.05) is 36.4 Å². The monoisotopic (exact) mass is 408 g/mol. The Labute approximate surface area is 178 Å². The van der Waals surface area contributed by atoms with Crippen molar-refractivity contribution in [3.8, 4) is 0 Å². The number of carbonyl (C=O) groups is 2. The summed E-state index contributed by atoms with van der Waals surface area (Å²) in [4.78, 5) is 25.9. The molecule has 2 fully saturated rings. The fourth-order valence-electron chi connectivity index (χ4n) is 4.86. The molecule has 2 aromatic rings. The van der Waals surface area contributed by atoms with Crippen LogP contribution < -0.4 is 11.7 Å². The third kappa shape index (κ3) is 4.35. The van der Waals surface area contributed by atoms with Crippen LogP contribution in [-0.2, 0) is 0 Å². The molecule has 0 aliphatic heterocycles. The predicted octanol–water partition coefficient (Wildman–Crippen LogP) is 4.14. The largest absolute Gasteiger partial charge is 0.274 e. The van der Waals surface area contributed by atoms with Crippen molar-refractivity contribution in [3.63, 3.8) is 0 Å². The molecule has 2 aliphatic carbocycles. The Morgan fingerprint density at radius 2 is 1.03 bits per heavy atom. The van der Waals surface area contributed by atoms with E-state index in [0.29, 0.717) is 11.1 Å². The molecule has 2 aliphatic rings. The van der Waals surface area contributed by atoms with Crippen molar-refractivity contribution in [3.05, 3.63) is 47.5 Å². The highest BCUT2D eigenvalue weighted by atomic mass is 16.2. The maximum atomic E-state index is 12.9. The Morgan fingerprint density at radius 1 is 0.633 bits per heavy atom. The lowest BCUT2D eigenvalue weighted by Gasteiger charge is -2.30. The zero-order chi connectivity index (χ0) is 21.1. The SMILES string of the molecule is NN(C(=O)c1ccc2ccc(C(=O)N(N)C3CCCCC3)cc2c1)C1CCCCC1. The average molecular weight is 409 g/mol. The summed E-state index contributed by atoms with van der Waals surface area (Å²) in [5, 5.41) is 4.63. The van der Waals surface area contributed by atoms with Gasteiger partial charge < -0.3 is 0 Å². The van der Waals surface area contributed by atoms with Crippen LogP contribution in [0.15, 0.2) is 36.4 Å². The Morgan fingerprint density at radius 3 is 1.43 bits per heavy atom. The number of benzene rings is 2. The summed E-state index contributed by atoms with van der Waals surface area (Å²) in [6, 6.07) is 11.3. The van der Waals surface area contributed by atoms with E-state index in [2.05, 4.69) is 0 Å². The summed E-state index contributed by atoms with van der Waals surface area (Å²) < 4.78 is 0. The van der Waals surface area contributed by atoms with Crippen LogP contribution in [0.4, 0.5) is 0 Å². The molecule has 2 amide bonds. The molecule has 4 N–H and O–H groups in total. The molecule has 4 rings (SSSR count). The molecule has 0 spiro atoms. The topological polar surface area (TPSA) is 92.7 Å². The first-order valence-electron chi connectivity index (χ1n) is 11.2. The molecule has 0 aromatic heterocycles. The highest BCUT2D eigenvalue weighted by Crippen LogP contribution is 2.25. The first kappa shape index (κ1) is 20.8. The van der Waals surface area contributed by atoms with Gasteiger partial charge in [0.2, 0.25) is 0 Å². The van der Waals surface area contributed by atoms with E-state index in [1.165, 1.54) is 22.9 Å². The second kappa shape index (κ2) is 9.14. The fraction of sp³-hybridized carbons (Fsp3) is 0.500. The minimum atomic E-state index is -0.164. The number of hydrogen-bond donors (Lipinski definition) is 2. The zero-order valence-electron chi connectivity index (χ0n) is 17.6. The van der Waals surface area contributed by atoms with Crippen LogP contribution in [0, 0.1) is 0 Å². The lowest BCUT2D eigenvalue weighted by Crippen LogP contribution is -2.46. The van der Waals surface area contributed by atoms with Gasteiger partial charge in [-0.2, -0.15) is 0 Å². The Kier molecular flexibility index (Phi) is 6.35. The fourth-order valence-corrected chi connectivity index (χ4v) is 4.86. The van der Waals surface area contributed by atoms with Gasteiger partial charge in [-0.05, 0) is 60.7 Å². The van der Waals surface area contributed by atoms with Crippen molar-refractivity contribution in [2.24, 2.45) is 11.7 Å². The second-order valence-electron chi connectivity index (χ2n) is 8.79. The van der Waals surface area contributed by atoms with Gasteiger partial charge in [-0.15, -0.1) is 0 Å². The van der Waals surface area contributed by atoms with Gasteiger partial charge in [0.25, 0.3) is 11.8 Å². The molecule has 0 heterocycles. The number of carbonyl (C=O) groups excluding carboxylic acids is 2. The van der Waals surface area contributed by atoms with E-state index < -0.39 is 0 Å². The van der Waals surface area contributed by atoms with E-state index in [9.17, 15) is 9.59 Å². The van der Waals surface area contributed by atoms with Gasteiger partial charge in [0.1, 0.15) is 0 Å². The number of amides is 2. The molecule has 0 unspecified atom stereocenters. The van der Waals surface area contributed by atoms with Crippen LogP contribution in [0.25, 0.3) is 10.8 Å². The summed E-state index contributed by atoms with van der Waals surface area (Å²) in [7, 11) is 0. The molecular weight excluding hydrogens is 376 g/mol. The van der Waals surface area contributed by atoms with Gasteiger partial charge in [0.15, 0.2) is 0 Å². The van der Waals surface area contributed by atoms with E-state index >= 15 is 0 Å². The Bertz CT molecular complexity index is 846. The first-order valence-corrected chi connectivity index (χ1v) is 11.2. The van der Waals surface area contributed by atoms with E-state index in [4.69, 9.17) is 11.7 Å². The van der Waals surface area contributed by atoms with Crippen LogP contribution in [0.2, 0.25) is 0 Å². The van der Waals surface area contributed by atoms with Crippen LogP contribution in [-0.4, -0.2) is 33.9 Å². The van der Waals surface area contributed by atoms with Gasteiger partial charge in [-0.3, -0.25) is 19.6 Å². The van der Waals surface area contributed by atoms with Crippen molar-refractivity contribution in [1.82, 2.24) is 10.0 Å². The highest BCUT2D eigenvalue weighted by Gasteiger charge is 2.25. The lowest BCUT2D eigenvalue weighted by molar-refractivity contribution is 0.0627. The highest BCUT2D eigenvalue weighted by molar-refractivity contribution is 6.02. The molecule has 6 heteroatoms. The molecule has 0 radical (unpaired) electrons. The number of rotatable bonds is 4. The quantitative estimate of drug-likeness (QED) is 0.452. The smallest absolute Gasteiger partial charge is 0.268 e. The normalized spacial score (nSPS) is 18.3. The average Bonchev–Trinajstić information content (AvgIpc) is 2.82. The summed E-state index contributed by atoms with van der Waals surface area (Å²) in [5.41, 5.74) is 1.11. The van der Waals surface area contributed by atoms with E-state index in [1.54, 1.807) is 0 Å². The van der Waals surface area contributed by atoms with Gasteiger partial charge in [0, 0.05) is 23.2 Å². The molecule has 2 aromatic carbocycles.